The average Bonchev–Trinajstić information content (AvgIpc) is 3.61. The Labute approximate surface area is 227 Å². The molecule has 2 aromatic rings. The fourth-order valence-corrected chi connectivity index (χ4v) is 6.40. The fourth-order valence-electron chi connectivity index (χ4n) is 5.34. The Morgan fingerprint density at radius 1 is 1.00 bits per heavy atom. The molecular weight excluding hydrogens is 498 g/mol. The van der Waals surface area contributed by atoms with Gasteiger partial charge in [0.1, 0.15) is 4.70 Å². The van der Waals surface area contributed by atoms with Crippen LogP contribution in [-0.4, -0.2) is 22.9 Å². The molecule has 1 aromatic heterocycles. The molecule has 0 bridgehead atoms. The van der Waals surface area contributed by atoms with Crippen LogP contribution in [-0.2, 0) is 23.6 Å². The van der Waals surface area contributed by atoms with Crippen LogP contribution in [0.2, 0.25) is 0 Å². The quantitative estimate of drug-likeness (QED) is 0.117. The van der Waals surface area contributed by atoms with Crippen LogP contribution in [0.4, 0.5) is 5.69 Å². The molecule has 0 unspecified atom stereocenters. The first-order chi connectivity index (χ1) is 15.7. The van der Waals surface area contributed by atoms with Crippen LogP contribution in [0, 0.1) is 30.9 Å². The number of hydrogen-bond acceptors (Lipinski definition) is 4. The second-order valence-electron chi connectivity index (χ2n) is 9.62. The Balaban J connectivity index is 0.000000685. The van der Waals surface area contributed by atoms with E-state index in [1.807, 2.05) is 6.07 Å². The van der Waals surface area contributed by atoms with Crippen LogP contribution in [0.25, 0.3) is 16.3 Å². The van der Waals surface area contributed by atoms with Crippen molar-refractivity contribution in [3.8, 4) is 0 Å². The van der Waals surface area contributed by atoms with Gasteiger partial charge in [0.25, 0.3) is 10.7 Å². The maximum Gasteiger partial charge on any atom is 2.00 e. The van der Waals surface area contributed by atoms with Gasteiger partial charge in [0.2, 0.25) is 5.52 Å². The minimum absolute atomic E-state index is 0. The number of rotatable bonds is 7. The topological polar surface area (TPSA) is 50.3 Å². The second kappa shape index (κ2) is 16.3. The summed E-state index contributed by atoms with van der Waals surface area (Å²) in [5.41, 5.74) is 1.18. The van der Waals surface area contributed by atoms with Crippen molar-refractivity contribution in [1.82, 2.24) is 4.90 Å². The van der Waals surface area contributed by atoms with Gasteiger partial charge in [0, 0.05) is 37.9 Å². The zero-order valence-corrected chi connectivity index (χ0v) is 23.6. The van der Waals surface area contributed by atoms with Crippen molar-refractivity contribution in [3.63, 3.8) is 0 Å². The SMILES string of the molecule is C1CCCC1.O=[N+]([O-])c1ccc2sc(/C=C/N3CCCC3)[n+](CCCC3CCCC3)c2c1.[CH3-].[CH3-].[Fe+2]. The Bertz CT molecular complexity index is 907. The van der Waals surface area contributed by atoms with E-state index in [1.165, 1.54) is 82.1 Å². The van der Waals surface area contributed by atoms with Gasteiger partial charge in [-0.3, -0.25) is 10.1 Å². The minimum atomic E-state index is -0.292. The molecule has 1 aromatic carbocycles. The second-order valence-corrected chi connectivity index (χ2v) is 10.7. The molecule has 7 heteroatoms. The van der Waals surface area contributed by atoms with Crippen LogP contribution >= 0.6 is 11.3 Å². The average molecular weight is 543 g/mol. The number of fused-ring (bicyclic) bond motifs is 1. The summed E-state index contributed by atoms with van der Waals surface area (Å²) in [5.74, 6) is 0.883. The van der Waals surface area contributed by atoms with Crippen molar-refractivity contribution < 1.29 is 26.6 Å². The van der Waals surface area contributed by atoms with Gasteiger partial charge in [-0.25, -0.2) is 0 Å². The van der Waals surface area contributed by atoms with Crippen LogP contribution in [0.5, 0.6) is 0 Å². The summed E-state index contributed by atoms with van der Waals surface area (Å²) in [6, 6.07) is 5.27. The predicted octanol–water partition coefficient (Wildman–Crippen LogP) is 7.98. The first-order valence-electron chi connectivity index (χ1n) is 12.7. The molecule has 2 aliphatic carbocycles. The van der Waals surface area contributed by atoms with Gasteiger partial charge in [-0.05, 0) is 31.2 Å². The monoisotopic (exact) mass is 542 g/mol. The van der Waals surface area contributed by atoms with Gasteiger partial charge in [-0.15, -0.1) is 0 Å². The summed E-state index contributed by atoms with van der Waals surface area (Å²) in [5, 5.41) is 12.4. The van der Waals surface area contributed by atoms with E-state index in [2.05, 4.69) is 21.7 Å². The molecule has 3 fully saturated rings. The number of non-ortho nitro benzene ring substituents is 1. The molecule has 5 rings (SSSR count). The van der Waals surface area contributed by atoms with Crippen molar-refractivity contribution in [3.05, 3.63) is 54.4 Å². The molecule has 1 aliphatic heterocycles. The van der Waals surface area contributed by atoms with E-state index in [4.69, 9.17) is 0 Å². The summed E-state index contributed by atoms with van der Waals surface area (Å²) in [6.45, 7) is 3.21. The first-order valence-corrected chi connectivity index (χ1v) is 13.6. The molecule has 196 valence electrons. The molecule has 2 heterocycles. The molecule has 0 radical (unpaired) electrons. The van der Waals surface area contributed by atoms with Crippen molar-refractivity contribution in [1.29, 1.82) is 0 Å². The molecule has 35 heavy (non-hydrogen) atoms. The van der Waals surface area contributed by atoms with E-state index in [9.17, 15) is 10.1 Å². The van der Waals surface area contributed by atoms with Gasteiger partial charge in [0.05, 0.1) is 11.0 Å². The van der Waals surface area contributed by atoms with Crippen LogP contribution in [0.15, 0.2) is 24.4 Å². The van der Waals surface area contributed by atoms with Crippen molar-refractivity contribution >= 4 is 33.3 Å². The molecule has 0 N–H and O–H groups in total. The maximum atomic E-state index is 11.2. The van der Waals surface area contributed by atoms with Gasteiger partial charge < -0.3 is 19.8 Å². The Hall–Kier alpha value is -1.43. The number of likely N-dealkylation sites (tertiary alicyclic amines) is 1. The van der Waals surface area contributed by atoms with E-state index in [0.717, 1.165) is 42.2 Å². The zero-order valence-electron chi connectivity index (χ0n) is 21.7. The molecule has 0 atom stereocenters. The van der Waals surface area contributed by atoms with Crippen LogP contribution < -0.4 is 4.57 Å². The minimum Gasteiger partial charge on any atom is -0.377 e. The smallest absolute Gasteiger partial charge is 0.377 e. The number of benzene rings is 1. The van der Waals surface area contributed by atoms with Gasteiger partial charge >= 0.3 is 17.1 Å². The predicted molar refractivity (Wildman–Crippen MR) is 146 cm³/mol. The van der Waals surface area contributed by atoms with Gasteiger partial charge in [0.15, 0.2) is 6.54 Å². The molecule has 0 amide bonds. The molecular formula is C28H44FeN3O2S+. The van der Waals surface area contributed by atoms with Crippen LogP contribution in [0.3, 0.4) is 0 Å². The van der Waals surface area contributed by atoms with Gasteiger partial charge in [-0.1, -0.05) is 69.1 Å². The Kier molecular flexibility index (Phi) is 14.8. The van der Waals surface area contributed by atoms with Gasteiger partial charge in [-0.2, -0.15) is 4.57 Å². The molecule has 2 saturated carbocycles. The number of aryl methyl sites for hydroxylation is 1. The number of thiazole rings is 1. The fraction of sp³-hybridized carbons (Fsp3) is 0.607. The van der Waals surface area contributed by atoms with Crippen molar-refractivity contribution in [2.24, 2.45) is 5.92 Å². The standard InChI is InChI=1S/C21H28N3O2S.C5H10.2CH3.Fe/c25-24(26)18-9-10-20-19(16-18)23(14-5-8-17-6-1-2-7-17)21(27-20)11-15-22-12-3-4-13-22;1-2-4-5-3-1;;;/h9-11,15-17H,1-8,12-14H2;1-5H2;2*1H3;/q+1;;2*-1;+2. The summed E-state index contributed by atoms with van der Waals surface area (Å²) in [7, 11) is 0. The third-order valence-electron chi connectivity index (χ3n) is 7.21. The van der Waals surface area contributed by atoms with Crippen LogP contribution in [0.1, 0.15) is 88.5 Å². The van der Waals surface area contributed by atoms with E-state index in [-0.39, 0.29) is 42.5 Å². The number of hydrogen-bond donors (Lipinski definition) is 0. The number of nitro benzene ring substituents is 1. The van der Waals surface area contributed by atoms with E-state index in [1.54, 1.807) is 23.5 Å². The molecule has 3 aliphatic rings. The molecule has 0 spiro atoms. The van der Waals surface area contributed by atoms with E-state index >= 15 is 0 Å². The number of aromatic nitrogens is 1. The Morgan fingerprint density at radius 3 is 2.23 bits per heavy atom. The molecule has 1 saturated heterocycles. The summed E-state index contributed by atoms with van der Waals surface area (Å²) in [6.07, 6.45) is 22.4. The largest absolute Gasteiger partial charge is 2.00 e. The summed E-state index contributed by atoms with van der Waals surface area (Å²) < 4.78 is 3.43. The van der Waals surface area contributed by atoms with E-state index in [0.29, 0.717) is 0 Å². The summed E-state index contributed by atoms with van der Waals surface area (Å²) in [4.78, 5) is 13.3. The maximum absolute atomic E-state index is 11.2. The third kappa shape index (κ3) is 9.18. The number of nitrogens with zero attached hydrogens (tertiary/aromatic N) is 3. The van der Waals surface area contributed by atoms with Crippen molar-refractivity contribution in [2.45, 2.75) is 90.0 Å². The third-order valence-corrected chi connectivity index (χ3v) is 8.34. The summed E-state index contributed by atoms with van der Waals surface area (Å²) >= 11 is 1.74. The molecule has 5 nitrogen and oxygen atoms in total. The van der Waals surface area contributed by atoms with Crippen molar-refractivity contribution in [2.75, 3.05) is 13.1 Å². The Morgan fingerprint density at radius 2 is 1.63 bits per heavy atom. The first kappa shape index (κ1) is 31.6. The number of nitro groups is 1. The normalized spacial score (nSPS) is 17.5. The zero-order chi connectivity index (χ0) is 22.2. The van der Waals surface area contributed by atoms with E-state index < -0.39 is 0 Å².